The summed E-state index contributed by atoms with van der Waals surface area (Å²) in [6, 6.07) is 12.9. The Morgan fingerprint density at radius 2 is 1.77 bits per heavy atom. The number of aromatic nitrogens is 3. The van der Waals surface area contributed by atoms with Gasteiger partial charge in [-0.15, -0.1) is 5.10 Å². The van der Waals surface area contributed by atoms with Crippen LogP contribution < -0.4 is 0 Å². The van der Waals surface area contributed by atoms with E-state index in [0.717, 1.165) is 18.1 Å². The van der Waals surface area contributed by atoms with E-state index >= 15 is 0 Å². The lowest BCUT2D eigenvalue weighted by molar-refractivity contribution is 0.221. The van der Waals surface area contributed by atoms with E-state index in [4.69, 9.17) is 0 Å². The monoisotopic (exact) mass is 527 g/mol. The SMILES string of the molecule is CC(C)(C)c1ccc(-c2nc(SCc3ccc(C(C)(F)P(=O)(O)O)c(Br)c3)n[nH]2)cc1. The van der Waals surface area contributed by atoms with E-state index in [1.165, 1.54) is 23.4 Å². The van der Waals surface area contributed by atoms with Crippen molar-refractivity contribution in [1.29, 1.82) is 0 Å². The minimum atomic E-state index is -4.96. The molecule has 3 rings (SSSR count). The summed E-state index contributed by atoms with van der Waals surface area (Å²) in [6.45, 7) is 7.37. The average molecular weight is 528 g/mol. The molecule has 1 heterocycles. The lowest BCUT2D eigenvalue weighted by Gasteiger charge is -2.23. The molecule has 10 heteroatoms. The Morgan fingerprint density at radius 1 is 1.13 bits per heavy atom. The Kier molecular flexibility index (Phi) is 6.84. The minimum Gasteiger partial charge on any atom is -0.322 e. The highest BCUT2D eigenvalue weighted by atomic mass is 79.9. The van der Waals surface area contributed by atoms with Crippen molar-refractivity contribution in [2.24, 2.45) is 0 Å². The second kappa shape index (κ2) is 8.79. The molecule has 1 unspecified atom stereocenters. The number of rotatable bonds is 6. The molecule has 166 valence electrons. The fourth-order valence-corrected chi connectivity index (χ4v) is 5.09. The predicted molar refractivity (Wildman–Crippen MR) is 125 cm³/mol. The Morgan fingerprint density at radius 3 is 2.32 bits per heavy atom. The van der Waals surface area contributed by atoms with E-state index in [9.17, 15) is 18.7 Å². The molecule has 0 radical (unpaired) electrons. The Labute approximate surface area is 193 Å². The standard InChI is InChI=1S/C21H24BrFN3O3PS/c1-20(2,3)15-8-6-14(7-9-15)18-24-19(26-25-18)31-12-13-5-10-16(17(22)11-13)21(4,23)30(27,28)29/h5-11H,12H2,1-4H3,(H,24,25,26)(H2,27,28,29). The van der Waals surface area contributed by atoms with Crippen molar-refractivity contribution < 1.29 is 18.7 Å². The fourth-order valence-electron chi connectivity index (χ4n) is 2.89. The van der Waals surface area contributed by atoms with E-state index in [1.54, 1.807) is 12.1 Å². The van der Waals surface area contributed by atoms with Crippen LogP contribution in [-0.4, -0.2) is 25.0 Å². The van der Waals surface area contributed by atoms with Gasteiger partial charge >= 0.3 is 7.60 Å². The van der Waals surface area contributed by atoms with Gasteiger partial charge in [0.05, 0.1) is 0 Å². The van der Waals surface area contributed by atoms with Crippen molar-refractivity contribution in [2.75, 3.05) is 0 Å². The lowest BCUT2D eigenvalue weighted by atomic mass is 9.87. The zero-order valence-electron chi connectivity index (χ0n) is 17.6. The van der Waals surface area contributed by atoms with Gasteiger partial charge in [0.2, 0.25) is 10.6 Å². The normalized spacial score (nSPS) is 14.5. The highest BCUT2D eigenvalue weighted by molar-refractivity contribution is 9.10. The fraction of sp³-hybridized carbons (Fsp3) is 0.333. The molecule has 1 aromatic heterocycles. The largest absolute Gasteiger partial charge is 0.366 e. The van der Waals surface area contributed by atoms with E-state index in [2.05, 4.69) is 64.0 Å². The quantitative estimate of drug-likeness (QED) is 0.263. The summed E-state index contributed by atoms with van der Waals surface area (Å²) >= 11 is 4.63. The van der Waals surface area contributed by atoms with E-state index in [1.807, 2.05) is 12.1 Å². The van der Waals surface area contributed by atoms with Crippen molar-refractivity contribution in [3.8, 4) is 11.4 Å². The first-order valence-electron chi connectivity index (χ1n) is 9.48. The Bertz CT molecular complexity index is 1120. The zero-order valence-corrected chi connectivity index (χ0v) is 20.9. The molecule has 0 aliphatic rings. The van der Waals surface area contributed by atoms with Gasteiger partial charge in [0.15, 0.2) is 5.82 Å². The minimum absolute atomic E-state index is 0.0790. The second-order valence-electron chi connectivity index (χ2n) is 8.39. The third kappa shape index (κ3) is 5.46. The number of hydrogen-bond acceptors (Lipinski definition) is 4. The molecule has 3 aromatic rings. The van der Waals surface area contributed by atoms with Crippen LogP contribution in [0, 0.1) is 0 Å². The first-order valence-corrected chi connectivity index (χ1v) is 12.9. The second-order valence-corrected chi connectivity index (χ2v) is 12.1. The highest BCUT2D eigenvalue weighted by Gasteiger charge is 2.45. The smallest absolute Gasteiger partial charge is 0.322 e. The van der Waals surface area contributed by atoms with Crippen molar-refractivity contribution in [2.45, 2.75) is 49.4 Å². The molecule has 2 aromatic carbocycles. The van der Waals surface area contributed by atoms with Crippen LogP contribution in [0.25, 0.3) is 11.4 Å². The van der Waals surface area contributed by atoms with Gasteiger partial charge in [-0.1, -0.05) is 84.9 Å². The van der Waals surface area contributed by atoms with Gasteiger partial charge in [-0.3, -0.25) is 9.66 Å². The Balaban J connectivity index is 1.70. The van der Waals surface area contributed by atoms with Crippen molar-refractivity contribution in [1.82, 2.24) is 15.2 Å². The number of aromatic amines is 1. The van der Waals surface area contributed by atoms with E-state index in [0.29, 0.717) is 21.2 Å². The number of benzene rings is 2. The number of halogens is 2. The van der Waals surface area contributed by atoms with Gasteiger partial charge in [-0.2, -0.15) is 0 Å². The third-order valence-electron chi connectivity index (χ3n) is 4.93. The molecule has 0 saturated heterocycles. The van der Waals surface area contributed by atoms with Crippen LogP contribution in [0.3, 0.4) is 0 Å². The van der Waals surface area contributed by atoms with Gasteiger partial charge in [-0.05, 0) is 29.5 Å². The van der Waals surface area contributed by atoms with Crippen LogP contribution in [0.15, 0.2) is 52.1 Å². The molecule has 6 nitrogen and oxygen atoms in total. The summed E-state index contributed by atoms with van der Waals surface area (Å²) in [5.74, 6) is 1.19. The first kappa shape index (κ1) is 24.1. The van der Waals surface area contributed by atoms with Crippen molar-refractivity contribution in [3.05, 3.63) is 63.6 Å². The molecule has 0 amide bonds. The Hall–Kier alpha value is -1.51. The molecule has 0 spiro atoms. The molecule has 3 N–H and O–H groups in total. The van der Waals surface area contributed by atoms with Gasteiger partial charge in [-0.25, -0.2) is 9.37 Å². The first-order chi connectivity index (χ1) is 14.3. The molecule has 0 aliphatic carbocycles. The molecule has 1 atom stereocenters. The molecule has 0 aliphatic heterocycles. The number of H-pyrrole nitrogens is 1. The van der Waals surface area contributed by atoms with Crippen molar-refractivity contribution >= 4 is 35.3 Å². The number of alkyl halides is 1. The summed E-state index contributed by atoms with van der Waals surface area (Å²) in [5, 5.41) is 4.99. The van der Waals surface area contributed by atoms with Gasteiger partial charge < -0.3 is 9.79 Å². The summed E-state index contributed by atoms with van der Waals surface area (Å²) in [4.78, 5) is 23.1. The van der Waals surface area contributed by atoms with E-state index in [-0.39, 0.29) is 11.0 Å². The number of thioether (sulfide) groups is 1. The summed E-state index contributed by atoms with van der Waals surface area (Å²) in [7, 11) is -4.96. The topological polar surface area (TPSA) is 99.1 Å². The molecule has 31 heavy (non-hydrogen) atoms. The van der Waals surface area contributed by atoms with Crippen LogP contribution >= 0.6 is 35.3 Å². The van der Waals surface area contributed by atoms with Crippen LogP contribution in [0.1, 0.15) is 44.4 Å². The number of nitrogens with zero attached hydrogens (tertiary/aromatic N) is 2. The summed E-state index contributed by atoms with van der Waals surface area (Å²) in [5.41, 5.74) is 3.01. The van der Waals surface area contributed by atoms with Gasteiger partial charge in [0, 0.05) is 21.4 Å². The number of nitrogens with one attached hydrogen (secondary N) is 1. The predicted octanol–water partition coefficient (Wildman–Crippen LogP) is 6.14. The zero-order chi connectivity index (χ0) is 23.0. The van der Waals surface area contributed by atoms with Gasteiger partial charge in [0.1, 0.15) is 0 Å². The maximum Gasteiger partial charge on any atom is 0.366 e. The third-order valence-corrected chi connectivity index (χ3v) is 7.84. The molecule has 0 saturated carbocycles. The number of hydrogen-bond donors (Lipinski definition) is 3. The molecule has 0 fully saturated rings. The lowest BCUT2D eigenvalue weighted by Crippen LogP contribution is -2.16. The summed E-state index contributed by atoms with van der Waals surface area (Å²) < 4.78 is 26.4. The maximum atomic E-state index is 14.6. The molecular weight excluding hydrogens is 504 g/mol. The highest BCUT2D eigenvalue weighted by Crippen LogP contribution is 2.59. The van der Waals surface area contributed by atoms with Crippen LogP contribution in [0.2, 0.25) is 0 Å². The van der Waals surface area contributed by atoms with Gasteiger partial charge in [0.25, 0.3) is 0 Å². The summed E-state index contributed by atoms with van der Waals surface area (Å²) in [6.07, 6.45) is 0. The van der Waals surface area contributed by atoms with Crippen LogP contribution in [-0.2, 0) is 21.1 Å². The van der Waals surface area contributed by atoms with Crippen molar-refractivity contribution in [3.63, 3.8) is 0 Å². The van der Waals surface area contributed by atoms with Crippen LogP contribution in [0.4, 0.5) is 4.39 Å². The van der Waals surface area contributed by atoms with E-state index < -0.39 is 13.0 Å². The maximum absolute atomic E-state index is 14.6. The molecule has 0 bridgehead atoms. The van der Waals surface area contributed by atoms with Crippen LogP contribution in [0.5, 0.6) is 0 Å². The average Bonchev–Trinajstić information content (AvgIpc) is 3.14. The molecular formula is C21H24BrFN3O3PS.